The van der Waals surface area contributed by atoms with Crippen molar-refractivity contribution in [1.29, 1.82) is 0 Å². The van der Waals surface area contributed by atoms with E-state index in [1.165, 1.54) is 49.5 Å². The van der Waals surface area contributed by atoms with Gasteiger partial charge in [0.1, 0.15) is 0 Å². The number of hydrogen-bond donors (Lipinski definition) is 0. The van der Waals surface area contributed by atoms with Crippen molar-refractivity contribution in [2.45, 2.75) is 43.9 Å². The molecule has 4 aliphatic rings. The Bertz CT molecular complexity index is 2480. The Kier molecular flexibility index (Phi) is 6.35. The fraction of sp³-hybridized carbons (Fsp3) is 0.233. The Morgan fingerprint density at radius 1 is 0.560 bits per heavy atom. The van der Waals surface area contributed by atoms with Crippen LogP contribution < -0.4 is 0 Å². The summed E-state index contributed by atoms with van der Waals surface area (Å²) in [4.78, 5) is 31.5. The van der Waals surface area contributed by atoms with Gasteiger partial charge >= 0.3 is 0 Å². The second-order valence-electron chi connectivity index (χ2n) is 14.6. The molecule has 4 bridgehead atoms. The summed E-state index contributed by atoms with van der Waals surface area (Å²) in [6, 6.07) is 29.0. The molecule has 0 unspecified atom stereocenters. The fourth-order valence-electron chi connectivity index (χ4n) is 9.79. The Labute approximate surface area is 289 Å². The lowest BCUT2D eigenvalue weighted by Gasteiger charge is -2.57. The molecule has 50 heavy (non-hydrogen) atoms. The average Bonchev–Trinajstić information content (AvgIpc) is 3.15. The van der Waals surface area contributed by atoms with Gasteiger partial charge in [-0.3, -0.25) is 9.97 Å². The van der Waals surface area contributed by atoms with E-state index in [1.807, 2.05) is 48.5 Å². The second-order valence-corrected chi connectivity index (χ2v) is 14.6. The third-order valence-corrected chi connectivity index (χ3v) is 11.5. The summed E-state index contributed by atoms with van der Waals surface area (Å²) in [6.45, 7) is 15.0. The van der Waals surface area contributed by atoms with Crippen LogP contribution in [0.5, 0.6) is 0 Å². The Hall–Kier alpha value is -6.05. The lowest BCUT2D eigenvalue weighted by atomic mass is 9.47. The third-order valence-electron chi connectivity index (χ3n) is 11.5. The Balaban J connectivity index is 1.17. The standard InChI is InChI=1S/C43H31N7/c1-44-32-18-30-16-28(7-11-38(30)46-23-32)40-48-41(29-8-12-39-31(17-29)19-33(45-2)24-47-39)50-42(49-40)36-9-10-37(35-6-4-3-5-34(35)36)43-20-25-13-26(21-43)15-27(14-25)22-43/h3-12,16-19,23-27H,13-15,20-22H2. The number of benzene rings is 4. The number of nitrogens with zero attached hydrogens (tertiary/aromatic N) is 7. The molecule has 7 aromatic rings. The lowest BCUT2D eigenvalue weighted by Crippen LogP contribution is -2.48. The van der Waals surface area contributed by atoms with Gasteiger partial charge in [0.05, 0.1) is 24.2 Å². The van der Waals surface area contributed by atoms with Crippen molar-refractivity contribution in [3.63, 3.8) is 0 Å². The molecule has 3 heterocycles. The molecule has 7 nitrogen and oxygen atoms in total. The minimum Gasteiger partial charge on any atom is -0.268 e. The minimum atomic E-state index is 0.259. The molecule has 238 valence electrons. The summed E-state index contributed by atoms with van der Waals surface area (Å²) in [5.74, 6) is 4.28. The zero-order chi connectivity index (χ0) is 33.4. The van der Waals surface area contributed by atoms with Gasteiger partial charge in [0.25, 0.3) is 0 Å². The molecule has 11 rings (SSSR count). The molecule has 0 amide bonds. The average molecular weight is 646 g/mol. The van der Waals surface area contributed by atoms with E-state index in [2.05, 4.69) is 56.1 Å². The van der Waals surface area contributed by atoms with Crippen LogP contribution >= 0.6 is 0 Å². The highest BCUT2D eigenvalue weighted by molar-refractivity contribution is 5.98. The smallest absolute Gasteiger partial charge is 0.205 e. The number of rotatable bonds is 4. The number of aromatic nitrogens is 5. The maximum Gasteiger partial charge on any atom is 0.205 e. The first-order chi connectivity index (χ1) is 24.5. The second kappa shape index (κ2) is 11.0. The molecule has 0 radical (unpaired) electrons. The van der Waals surface area contributed by atoms with Crippen LogP contribution in [0.3, 0.4) is 0 Å². The van der Waals surface area contributed by atoms with Crippen LogP contribution in [0.4, 0.5) is 11.4 Å². The van der Waals surface area contributed by atoms with Crippen molar-refractivity contribution in [1.82, 2.24) is 24.9 Å². The van der Waals surface area contributed by atoms with Crippen LogP contribution in [0.15, 0.2) is 97.3 Å². The molecule has 7 heteroatoms. The molecule has 0 aliphatic heterocycles. The number of hydrogen-bond acceptors (Lipinski definition) is 5. The van der Waals surface area contributed by atoms with Crippen LogP contribution in [-0.2, 0) is 5.41 Å². The van der Waals surface area contributed by atoms with Gasteiger partial charge in [0.2, 0.25) is 11.4 Å². The molecule has 0 atom stereocenters. The monoisotopic (exact) mass is 645 g/mol. The van der Waals surface area contributed by atoms with E-state index < -0.39 is 0 Å². The summed E-state index contributed by atoms with van der Waals surface area (Å²) in [6.07, 6.45) is 11.4. The summed E-state index contributed by atoms with van der Waals surface area (Å²) in [5.41, 5.74) is 6.96. The quantitative estimate of drug-likeness (QED) is 0.178. The predicted molar refractivity (Wildman–Crippen MR) is 197 cm³/mol. The molecule has 0 saturated heterocycles. The van der Waals surface area contributed by atoms with Crippen LogP contribution in [0.2, 0.25) is 0 Å². The summed E-state index contributed by atoms with van der Waals surface area (Å²) in [5, 5.41) is 4.18. The normalized spacial score (nSPS) is 22.2. The molecule has 4 aromatic carbocycles. The van der Waals surface area contributed by atoms with Gasteiger partial charge in [-0.2, -0.15) is 0 Å². The van der Waals surface area contributed by atoms with Crippen LogP contribution in [0, 0.1) is 30.9 Å². The van der Waals surface area contributed by atoms with Gasteiger partial charge in [-0.25, -0.2) is 24.6 Å². The zero-order valence-electron chi connectivity index (χ0n) is 27.3. The van der Waals surface area contributed by atoms with Crippen LogP contribution in [0.25, 0.3) is 76.4 Å². The molecule has 3 aromatic heterocycles. The van der Waals surface area contributed by atoms with E-state index in [4.69, 9.17) is 28.1 Å². The van der Waals surface area contributed by atoms with E-state index in [0.29, 0.717) is 28.8 Å². The number of pyridine rings is 2. The largest absolute Gasteiger partial charge is 0.268 e. The van der Waals surface area contributed by atoms with E-state index in [9.17, 15) is 0 Å². The highest BCUT2D eigenvalue weighted by atomic mass is 15.0. The number of fused-ring (bicyclic) bond motifs is 3. The van der Waals surface area contributed by atoms with Crippen LogP contribution in [-0.4, -0.2) is 24.9 Å². The SMILES string of the molecule is [C-]#[N+]c1cnc2ccc(-c3nc(-c4ccc5ncc([N+]#[C-])cc5c4)nc(-c4ccc(C56CC7CC(CC(C7)C5)C6)c5ccccc45)n3)cc2c1. The van der Waals surface area contributed by atoms with E-state index in [-0.39, 0.29) is 5.41 Å². The third kappa shape index (κ3) is 4.65. The van der Waals surface area contributed by atoms with Gasteiger partial charge in [0.15, 0.2) is 17.5 Å². The zero-order valence-corrected chi connectivity index (χ0v) is 27.3. The first-order valence-corrected chi connectivity index (χ1v) is 17.4. The van der Waals surface area contributed by atoms with Gasteiger partial charge in [-0.1, -0.05) is 36.4 Å². The summed E-state index contributed by atoms with van der Waals surface area (Å²) >= 11 is 0. The van der Waals surface area contributed by atoms with Gasteiger partial charge in [-0.15, -0.1) is 0 Å². The first-order valence-electron chi connectivity index (χ1n) is 17.4. The predicted octanol–water partition coefficient (Wildman–Crippen LogP) is 10.7. The van der Waals surface area contributed by atoms with Crippen molar-refractivity contribution < 1.29 is 0 Å². The fourth-order valence-corrected chi connectivity index (χ4v) is 9.79. The van der Waals surface area contributed by atoms with E-state index in [1.54, 1.807) is 12.4 Å². The van der Waals surface area contributed by atoms with Crippen LogP contribution in [0.1, 0.15) is 44.1 Å². The maximum atomic E-state index is 7.49. The van der Waals surface area contributed by atoms with Gasteiger partial charge < -0.3 is 0 Å². The minimum absolute atomic E-state index is 0.259. The summed E-state index contributed by atoms with van der Waals surface area (Å²) in [7, 11) is 0. The molecular weight excluding hydrogens is 615 g/mol. The Morgan fingerprint density at radius 2 is 1.08 bits per heavy atom. The van der Waals surface area contributed by atoms with Gasteiger partial charge in [-0.05, 0) is 137 Å². The van der Waals surface area contributed by atoms with Gasteiger partial charge in [0, 0.05) is 29.1 Å². The molecule has 4 aliphatic carbocycles. The highest BCUT2D eigenvalue weighted by Crippen LogP contribution is 2.61. The van der Waals surface area contributed by atoms with Crippen molar-refractivity contribution in [3.8, 4) is 34.2 Å². The lowest BCUT2D eigenvalue weighted by molar-refractivity contribution is -0.00449. The van der Waals surface area contributed by atoms with Crippen molar-refractivity contribution >= 4 is 44.0 Å². The molecule has 0 spiro atoms. The highest BCUT2D eigenvalue weighted by Gasteiger charge is 2.52. The van der Waals surface area contributed by atoms with E-state index >= 15 is 0 Å². The topological polar surface area (TPSA) is 73.2 Å². The molecule has 4 saturated carbocycles. The molecule has 4 fully saturated rings. The summed E-state index contributed by atoms with van der Waals surface area (Å²) < 4.78 is 0. The maximum absolute atomic E-state index is 7.49. The Morgan fingerprint density at radius 3 is 1.62 bits per heavy atom. The van der Waals surface area contributed by atoms with E-state index in [0.717, 1.165) is 61.6 Å². The molecule has 0 N–H and O–H groups in total. The van der Waals surface area contributed by atoms with Crippen molar-refractivity contribution in [3.05, 3.63) is 126 Å². The van der Waals surface area contributed by atoms with Crippen molar-refractivity contribution in [2.24, 2.45) is 17.8 Å². The van der Waals surface area contributed by atoms with Crippen molar-refractivity contribution in [2.75, 3.05) is 0 Å². The first kappa shape index (κ1) is 28.9. The molecular formula is C43H31N7.